The maximum atomic E-state index is 12.0. The summed E-state index contributed by atoms with van der Waals surface area (Å²) in [5.74, 6) is 0.665. The molecule has 0 radical (unpaired) electrons. The maximum absolute atomic E-state index is 12.0. The molecule has 0 unspecified atom stereocenters. The van der Waals surface area contributed by atoms with Crippen molar-refractivity contribution in [1.29, 1.82) is 0 Å². The lowest BCUT2D eigenvalue weighted by molar-refractivity contribution is 0.0941. The number of carbonyl (C=O) groups excluding carboxylic acids is 1. The summed E-state index contributed by atoms with van der Waals surface area (Å²) in [5, 5.41) is 6.22. The van der Waals surface area contributed by atoms with Gasteiger partial charge in [0, 0.05) is 43.5 Å². The van der Waals surface area contributed by atoms with Crippen molar-refractivity contribution >= 4 is 18.3 Å². The van der Waals surface area contributed by atoms with E-state index in [1.54, 1.807) is 0 Å². The summed E-state index contributed by atoms with van der Waals surface area (Å²) in [6, 6.07) is 1.98. The van der Waals surface area contributed by atoms with Gasteiger partial charge in [-0.3, -0.25) is 4.79 Å². The molecule has 0 aliphatic carbocycles. The van der Waals surface area contributed by atoms with Crippen LogP contribution in [-0.2, 0) is 6.54 Å². The van der Waals surface area contributed by atoms with Gasteiger partial charge in [0.05, 0.1) is 5.56 Å². The fraction of sp³-hybridized carbons (Fsp3) is 0.615. The van der Waals surface area contributed by atoms with Gasteiger partial charge >= 0.3 is 0 Å². The van der Waals surface area contributed by atoms with E-state index in [9.17, 15) is 4.79 Å². The van der Waals surface area contributed by atoms with Gasteiger partial charge < -0.3 is 15.2 Å². The molecule has 2 N–H and O–H groups in total. The van der Waals surface area contributed by atoms with Gasteiger partial charge in [-0.1, -0.05) is 0 Å². The topological polar surface area (TPSA) is 46.1 Å². The predicted octanol–water partition coefficient (Wildman–Crippen LogP) is 1.50. The fourth-order valence-corrected chi connectivity index (χ4v) is 2.34. The first kappa shape index (κ1) is 15.1. The molecule has 1 aliphatic rings. The number of halogens is 1. The van der Waals surface area contributed by atoms with E-state index >= 15 is 0 Å². The number of carbonyl (C=O) groups is 1. The van der Waals surface area contributed by atoms with Crippen LogP contribution in [0.3, 0.4) is 0 Å². The van der Waals surface area contributed by atoms with Gasteiger partial charge in [-0.2, -0.15) is 0 Å². The van der Waals surface area contributed by atoms with Crippen LogP contribution in [0.4, 0.5) is 0 Å². The van der Waals surface area contributed by atoms with E-state index in [4.69, 9.17) is 0 Å². The first-order valence-corrected chi connectivity index (χ1v) is 6.29. The Balaban J connectivity index is 0.00000162. The number of nitrogens with one attached hydrogen (secondary N) is 2. The highest BCUT2D eigenvalue weighted by Crippen LogP contribution is 2.15. The Morgan fingerprint density at radius 3 is 2.61 bits per heavy atom. The van der Waals surface area contributed by atoms with Gasteiger partial charge in [-0.05, 0) is 26.8 Å². The summed E-state index contributed by atoms with van der Waals surface area (Å²) in [6.07, 6.45) is 0. The monoisotopic (exact) mass is 271 g/mol. The van der Waals surface area contributed by atoms with E-state index < -0.39 is 0 Å². The SMILES string of the molecule is CCn1c(C)cc(C(=O)NCC2CNC2)c1C.Cl. The number of nitrogens with zero attached hydrogens (tertiary/aromatic N) is 1. The highest BCUT2D eigenvalue weighted by Gasteiger charge is 2.19. The van der Waals surface area contributed by atoms with Gasteiger partial charge in [-0.25, -0.2) is 0 Å². The van der Waals surface area contributed by atoms with E-state index in [1.807, 2.05) is 19.9 Å². The Labute approximate surface area is 115 Å². The van der Waals surface area contributed by atoms with Crippen molar-refractivity contribution in [2.24, 2.45) is 5.92 Å². The van der Waals surface area contributed by atoms with Crippen molar-refractivity contribution in [2.45, 2.75) is 27.3 Å². The molecule has 4 nitrogen and oxygen atoms in total. The molecule has 1 aliphatic heterocycles. The van der Waals surface area contributed by atoms with E-state index in [-0.39, 0.29) is 18.3 Å². The second kappa shape index (κ2) is 6.25. The number of aromatic nitrogens is 1. The second-order valence-corrected chi connectivity index (χ2v) is 4.76. The fourth-order valence-electron chi connectivity index (χ4n) is 2.34. The number of aryl methyl sites for hydroxylation is 1. The molecule has 1 saturated heterocycles. The number of hydrogen-bond donors (Lipinski definition) is 2. The zero-order valence-electron chi connectivity index (χ0n) is 11.2. The standard InChI is InChI=1S/C13H21N3O.ClH/c1-4-16-9(2)5-12(10(16)3)13(17)15-8-11-6-14-7-11;/h5,11,14H,4,6-8H2,1-3H3,(H,15,17);1H. The molecule has 1 fully saturated rings. The number of hydrogen-bond acceptors (Lipinski definition) is 2. The third-order valence-corrected chi connectivity index (χ3v) is 3.55. The highest BCUT2D eigenvalue weighted by molar-refractivity contribution is 5.95. The number of rotatable bonds is 4. The molecular formula is C13H22ClN3O. The summed E-state index contributed by atoms with van der Waals surface area (Å²) in [6.45, 7) is 9.89. The Morgan fingerprint density at radius 2 is 2.17 bits per heavy atom. The maximum Gasteiger partial charge on any atom is 0.253 e. The third-order valence-electron chi connectivity index (χ3n) is 3.55. The van der Waals surface area contributed by atoms with Crippen LogP contribution in [0.15, 0.2) is 6.07 Å². The Kier molecular flexibility index (Phi) is 5.23. The highest BCUT2D eigenvalue weighted by atomic mass is 35.5. The van der Waals surface area contributed by atoms with Crippen molar-refractivity contribution < 1.29 is 4.79 Å². The Hall–Kier alpha value is -1.00. The van der Waals surface area contributed by atoms with Crippen molar-refractivity contribution in [3.63, 3.8) is 0 Å². The first-order valence-electron chi connectivity index (χ1n) is 6.29. The van der Waals surface area contributed by atoms with Crippen LogP contribution in [0.5, 0.6) is 0 Å². The molecule has 1 aromatic heterocycles. The minimum absolute atomic E-state index is 0. The van der Waals surface area contributed by atoms with Crippen LogP contribution in [0, 0.1) is 19.8 Å². The van der Waals surface area contributed by atoms with E-state index in [0.717, 1.165) is 43.1 Å². The van der Waals surface area contributed by atoms with Gasteiger partial charge in [0.2, 0.25) is 0 Å². The smallest absolute Gasteiger partial charge is 0.253 e. The Bertz CT molecular complexity index is 424. The van der Waals surface area contributed by atoms with Crippen LogP contribution in [-0.4, -0.2) is 30.1 Å². The molecule has 0 atom stereocenters. The van der Waals surface area contributed by atoms with Crippen LogP contribution in [0.2, 0.25) is 0 Å². The average Bonchev–Trinajstić information content (AvgIpc) is 2.51. The van der Waals surface area contributed by atoms with Crippen LogP contribution < -0.4 is 10.6 Å². The van der Waals surface area contributed by atoms with Crippen molar-refractivity contribution in [3.8, 4) is 0 Å². The summed E-state index contributed by atoms with van der Waals surface area (Å²) < 4.78 is 2.17. The van der Waals surface area contributed by atoms with E-state index in [2.05, 4.69) is 22.1 Å². The van der Waals surface area contributed by atoms with Crippen LogP contribution in [0.1, 0.15) is 28.7 Å². The lowest BCUT2D eigenvalue weighted by atomic mass is 10.0. The van der Waals surface area contributed by atoms with Gasteiger partial charge in [0.25, 0.3) is 5.91 Å². The molecule has 0 bridgehead atoms. The molecule has 1 aromatic rings. The zero-order chi connectivity index (χ0) is 12.4. The van der Waals surface area contributed by atoms with Gasteiger partial charge in [0.1, 0.15) is 0 Å². The average molecular weight is 272 g/mol. The molecular weight excluding hydrogens is 250 g/mol. The Morgan fingerprint density at radius 1 is 1.50 bits per heavy atom. The molecule has 0 spiro atoms. The quantitative estimate of drug-likeness (QED) is 0.872. The number of amides is 1. The third kappa shape index (κ3) is 2.87. The second-order valence-electron chi connectivity index (χ2n) is 4.76. The molecule has 18 heavy (non-hydrogen) atoms. The first-order chi connectivity index (χ1) is 8.13. The minimum Gasteiger partial charge on any atom is -0.352 e. The van der Waals surface area contributed by atoms with E-state index in [0.29, 0.717) is 5.92 Å². The molecule has 1 amide bonds. The van der Waals surface area contributed by atoms with Gasteiger partial charge in [-0.15, -0.1) is 12.4 Å². The van der Waals surface area contributed by atoms with Crippen molar-refractivity contribution in [3.05, 3.63) is 23.0 Å². The predicted molar refractivity (Wildman–Crippen MR) is 75.5 cm³/mol. The van der Waals surface area contributed by atoms with Crippen LogP contribution >= 0.6 is 12.4 Å². The molecule has 2 rings (SSSR count). The minimum atomic E-state index is 0. The molecule has 0 aromatic carbocycles. The summed E-state index contributed by atoms with van der Waals surface area (Å²) in [5.41, 5.74) is 3.03. The zero-order valence-corrected chi connectivity index (χ0v) is 12.1. The largest absolute Gasteiger partial charge is 0.352 e. The normalized spacial score (nSPS) is 14.8. The van der Waals surface area contributed by atoms with Crippen LogP contribution in [0.25, 0.3) is 0 Å². The lowest BCUT2D eigenvalue weighted by Crippen LogP contribution is -2.48. The van der Waals surface area contributed by atoms with Gasteiger partial charge in [0.15, 0.2) is 0 Å². The summed E-state index contributed by atoms with van der Waals surface area (Å²) >= 11 is 0. The van der Waals surface area contributed by atoms with Crippen molar-refractivity contribution in [2.75, 3.05) is 19.6 Å². The summed E-state index contributed by atoms with van der Waals surface area (Å²) in [7, 11) is 0. The molecule has 0 saturated carbocycles. The van der Waals surface area contributed by atoms with E-state index in [1.165, 1.54) is 0 Å². The lowest BCUT2D eigenvalue weighted by Gasteiger charge is -2.27. The van der Waals surface area contributed by atoms with Crippen molar-refractivity contribution in [1.82, 2.24) is 15.2 Å². The molecule has 102 valence electrons. The molecule has 2 heterocycles. The molecule has 5 heteroatoms. The summed E-state index contributed by atoms with van der Waals surface area (Å²) in [4.78, 5) is 12.0.